The van der Waals surface area contributed by atoms with E-state index in [4.69, 9.17) is 15.9 Å². The minimum Gasteiger partial charge on any atom is -0.481 e. The molecule has 0 heterocycles. The van der Waals surface area contributed by atoms with Crippen molar-refractivity contribution in [1.82, 2.24) is 5.32 Å². The summed E-state index contributed by atoms with van der Waals surface area (Å²) in [5, 5.41) is 17.9. The van der Waals surface area contributed by atoms with Crippen molar-refractivity contribution in [2.75, 3.05) is 13.1 Å². The number of hydrogen-bond donors (Lipinski definition) is 4. The van der Waals surface area contributed by atoms with Gasteiger partial charge in [0.1, 0.15) is 6.54 Å². The molecule has 0 aromatic carbocycles. The number of carboxylic acid groups (broad SMARTS) is 2. The third kappa shape index (κ3) is 22.4. The number of nitrogens with one attached hydrogen (secondary N) is 1. The van der Waals surface area contributed by atoms with Gasteiger partial charge in [0.15, 0.2) is 0 Å². The van der Waals surface area contributed by atoms with Crippen LogP contribution >= 0.6 is 0 Å². The fourth-order valence-electron chi connectivity index (χ4n) is 0.324. The molecule has 0 bridgehead atoms. The van der Waals surface area contributed by atoms with Crippen molar-refractivity contribution in [1.29, 1.82) is 0 Å². The van der Waals surface area contributed by atoms with Crippen LogP contribution < -0.4 is 11.1 Å². The summed E-state index contributed by atoms with van der Waals surface area (Å²) < 4.78 is 0. The minimum atomic E-state index is -1.03. The summed E-state index contributed by atoms with van der Waals surface area (Å²) in [6.07, 6.45) is 0.0694. The zero-order valence-corrected chi connectivity index (χ0v) is 7.82. The number of hydrogen-bond acceptors (Lipinski definition) is 4. The summed E-state index contributed by atoms with van der Waals surface area (Å²) in [6, 6.07) is 0. The van der Waals surface area contributed by atoms with E-state index in [0.717, 1.165) is 0 Å². The molecule has 0 aliphatic carbocycles. The molecular formula is C7H14N2O5. The van der Waals surface area contributed by atoms with Crippen molar-refractivity contribution in [3.8, 4) is 0 Å². The van der Waals surface area contributed by atoms with Crippen molar-refractivity contribution in [3.05, 3.63) is 0 Å². The van der Waals surface area contributed by atoms with Gasteiger partial charge in [-0.05, 0) is 0 Å². The van der Waals surface area contributed by atoms with Gasteiger partial charge in [-0.2, -0.15) is 0 Å². The van der Waals surface area contributed by atoms with Crippen LogP contribution in [0.4, 0.5) is 0 Å². The van der Waals surface area contributed by atoms with Gasteiger partial charge in [0.05, 0.1) is 6.42 Å². The highest BCUT2D eigenvalue weighted by Crippen LogP contribution is 1.67. The first-order valence-corrected chi connectivity index (χ1v) is 3.78. The van der Waals surface area contributed by atoms with E-state index in [1.54, 1.807) is 0 Å². The van der Waals surface area contributed by atoms with E-state index in [9.17, 15) is 14.4 Å². The highest BCUT2D eigenvalue weighted by Gasteiger charge is 1.94. The van der Waals surface area contributed by atoms with Crippen LogP contribution in [0.1, 0.15) is 13.3 Å². The Morgan fingerprint density at radius 1 is 1.21 bits per heavy atom. The fraction of sp³-hybridized carbons (Fsp3) is 0.571. The summed E-state index contributed by atoms with van der Waals surface area (Å²) >= 11 is 0. The van der Waals surface area contributed by atoms with Gasteiger partial charge in [-0.15, -0.1) is 0 Å². The van der Waals surface area contributed by atoms with Crippen LogP contribution in [-0.2, 0) is 14.4 Å². The molecule has 7 heteroatoms. The van der Waals surface area contributed by atoms with Gasteiger partial charge in [0.2, 0.25) is 5.91 Å². The zero-order valence-electron chi connectivity index (χ0n) is 7.82. The number of carboxylic acids is 2. The summed E-state index contributed by atoms with van der Waals surface area (Å²) in [5.74, 6) is -2.19. The molecule has 1 amide bonds. The van der Waals surface area contributed by atoms with Gasteiger partial charge in [0, 0.05) is 13.5 Å². The SMILES string of the molecule is CC(=O)NCC(=O)O.NCCC(=O)O. The van der Waals surface area contributed by atoms with Crippen molar-refractivity contribution in [2.24, 2.45) is 5.73 Å². The molecule has 0 atom stereocenters. The second kappa shape index (κ2) is 9.46. The van der Waals surface area contributed by atoms with E-state index in [1.165, 1.54) is 6.92 Å². The molecule has 0 aliphatic heterocycles. The lowest BCUT2D eigenvalue weighted by molar-refractivity contribution is -0.138. The van der Waals surface area contributed by atoms with Crippen LogP contribution in [0.5, 0.6) is 0 Å². The molecule has 0 rings (SSSR count). The van der Waals surface area contributed by atoms with E-state index in [1.807, 2.05) is 0 Å². The zero-order chi connectivity index (χ0) is 11.6. The van der Waals surface area contributed by atoms with Crippen molar-refractivity contribution in [3.63, 3.8) is 0 Å². The van der Waals surface area contributed by atoms with E-state index in [-0.39, 0.29) is 25.4 Å². The Morgan fingerprint density at radius 2 is 1.71 bits per heavy atom. The van der Waals surface area contributed by atoms with Gasteiger partial charge >= 0.3 is 11.9 Å². The molecule has 0 saturated carbocycles. The van der Waals surface area contributed by atoms with Crippen LogP contribution in [-0.4, -0.2) is 41.1 Å². The normalized spacial score (nSPS) is 8.14. The van der Waals surface area contributed by atoms with Gasteiger partial charge in [-0.3, -0.25) is 14.4 Å². The van der Waals surface area contributed by atoms with Crippen LogP contribution in [0.25, 0.3) is 0 Å². The second-order valence-corrected chi connectivity index (χ2v) is 2.24. The topological polar surface area (TPSA) is 130 Å². The van der Waals surface area contributed by atoms with Crippen molar-refractivity contribution in [2.45, 2.75) is 13.3 Å². The Kier molecular flexibility index (Phi) is 10.0. The molecular weight excluding hydrogens is 192 g/mol. The van der Waals surface area contributed by atoms with Crippen LogP contribution in [0.3, 0.4) is 0 Å². The Hall–Kier alpha value is -1.63. The number of carbonyl (C=O) groups is 3. The smallest absolute Gasteiger partial charge is 0.322 e. The maximum absolute atomic E-state index is 9.97. The quantitative estimate of drug-likeness (QED) is 0.449. The lowest BCUT2D eigenvalue weighted by Gasteiger charge is -1.92. The van der Waals surface area contributed by atoms with Crippen molar-refractivity contribution >= 4 is 17.8 Å². The average molecular weight is 206 g/mol. The number of rotatable bonds is 4. The molecule has 82 valence electrons. The first-order valence-electron chi connectivity index (χ1n) is 3.78. The highest BCUT2D eigenvalue weighted by molar-refractivity contribution is 5.79. The number of carbonyl (C=O) groups excluding carboxylic acids is 1. The fourth-order valence-corrected chi connectivity index (χ4v) is 0.324. The Balaban J connectivity index is 0. The van der Waals surface area contributed by atoms with Crippen LogP contribution in [0.2, 0.25) is 0 Å². The van der Waals surface area contributed by atoms with Crippen LogP contribution in [0.15, 0.2) is 0 Å². The Morgan fingerprint density at radius 3 is 1.79 bits per heavy atom. The first kappa shape index (κ1) is 14.9. The number of aliphatic carboxylic acids is 2. The first-order chi connectivity index (χ1) is 6.40. The number of nitrogens with two attached hydrogens (primary N) is 1. The maximum Gasteiger partial charge on any atom is 0.322 e. The highest BCUT2D eigenvalue weighted by atomic mass is 16.4. The Bertz CT molecular complexity index is 190. The molecule has 0 aromatic rings. The molecule has 0 spiro atoms. The Labute approximate surface area is 80.9 Å². The molecule has 5 N–H and O–H groups in total. The minimum absolute atomic E-state index is 0.0694. The van der Waals surface area contributed by atoms with Gasteiger partial charge in [-0.25, -0.2) is 0 Å². The van der Waals surface area contributed by atoms with E-state index in [0.29, 0.717) is 0 Å². The summed E-state index contributed by atoms with van der Waals surface area (Å²) in [5.41, 5.74) is 4.85. The molecule has 7 nitrogen and oxygen atoms in total. The van der Waals surface area contributed by atoms with Gasteiger partial charge in [0.25, 0.3) is 0 Å². The predicted octanol–water partition coefficient (Wildman–Crippen LogP) is -1.37. The second-order valence-electron chi connectivity index (χ2n) is 2.24. The van der Waals surface area contributed by atoms with Crippen molar-refractivity contribution < 1.29 is 24.6 Å². The average Bonchev–Trinajstić information content (AvgIpc) is 2.01. The lowest BCUT2D eigenvalue weighted by atomic mass is 10.5. The van der Waals surface area contributed by atoms with Gasteiger partial charge < -0.3 is 21.3 Å². The van der Waals surface area contributed by atoms with E-state index < -0.39 is 11.9 Å². The summed E-state index contributed by atoms with van der Waals surface area (Å²) in [6.45, 7) is 1.20. The van der Waals surface area contributed by atoms with E-state index in [2.05, 4.69) is 5.32 Å². The molecule has 0 aromatic heterocycles. The third-order valence-electron chi connectivity index (χ3n) is 0.847. The third-order valence-corrected chi connectivity index (χ3v) is 0.847. The predicted molar refractivity (Wildman–Crippen MR) is 47.6 cm³/mol. The molecule has 0 saturated heterocycles. The summed E-state index contributed by atoms with van der Waals surface area (Å²) in [4.78, 5) is 29.2. The maximum atomic E-state index is 9.97. The van der Waals surface area contributed by atoms with Gasteiger partial charge in [-0.1, -0.05) is 0 Å². The standard InChI is InChI=1S/C4H7NO3.C3H7NO2/c1-3(6)5-2-4(7)8;4-2-1-3(5)6/h2H2,1H3,(H,5,6)(H,7,8);1-2,4H2,(H,5,6). The van der Waals surface area contributed by atoms with Crippen LogP contribution in [0, 0.1) is 0 Å². The molecule has 0 fully saturated rings. The largest absolute Gasteiger partial charge is 0.481 e. The monoisotopic (exact) mass is 206 g/mol. The number of amides is 1. The summed E-state index contributed by atoms with van der Waals surface area (Å²) in [7, 11) is 0. The lowest BCUT2D eigenvalue weighted by Crippen LogP contribution is -2.26. The van der Waals surface area contributed by atoms with E-state index >= 15 is 0 Å². The molecule has 0 radical (unpaired) electrons. The molecule has 14 heavy (non-hydrogen) atoms. The molecule has 0 unspecified atom stereocenters. The molecule has 0 aliphatic rings.